The minimum absolute atomic E-state index is 0.730. The van der Waals surface area contributed by atoms with E-state index in [1.54, 1.807) is 0 Å². The van der Waals surface area contributed by atoms with Crippen molar-refractivity contribution in [2.45, 2.75) is 0 Å². The van der Waals surface area contributed by atoms with Crippen LogP contribution in [0.2, 0.25) is 0 Å². The summed E-state index contributed by atoms with van der Waals surface area (Å²) in [6.07, 6.45) is 7.50. The number of allylic oxidation sites excluding steroid dienone is 4. The summed E-state index contributed by atoms with van der Waals surface area (Å²) in [4.78, 5) is 0. The summed E-state index contributed by atoms with van der Waals surface area (Å²) in [5, 5.41) is 0. The van der Waals surface area contributed by atoms with E-state index in [4.69, 9.17) is 11.5 Å². The van der Waals surface area contributed by atoms with Crippen LogP contribution >= 0.6 is 0 Å². The van der Waals surface area contributed by atoms with Crippen LogP contribution in [0.15, 0.2) is 85.0 Å². The summed E-state index contributed by atoms with van der Waals surface area (Å²) < 4.78 is 0. The van der Waals surface area contributed by atoms with Gasteiger partial charge in [0.15, 0.2) is 0 Å². The average molecular weight is 262 g/mol. The SMILES string of the molecule is N\C(=C/C=C/C=C(\N)c1ccccc1)c1ccccc1. The van der Waals surface area contributed by atoms with Gasteiger partial charge in [0.05, 0.1) is 0 Å². The van der Waals surface area contributed by atoms with Gasteiger partial charge in [-0.15, -0.1) is 0 Å². The van der Waals surface area contributed by atoms with Gasteiger partial charge in [-0.3, -0.25) is 0 Å². The molecule has 2 rings (SSSR count). The molecule has 0 atom stereocenters. The summed E-state index contributed by atoms with van der Waals surface area (Å²) in [7, 11) is 0. The van der Waals surface area contributed by atoms with Gasteiger partial charge in [0.25, 0.3) is 0 Å². The van der Waals surface area contributed by atoms with Gasteiger partial charge in [-0.25, -0.2) is 0 Å². The zero-order chi connectivity index (χ0) is 14.2. The molecule has 0 aliphatic rings. The number of hydrogen-bond acceptors (Lipinski definition) is 2. The lowest BCUT2D eigenvalue weighted by Gasteiger charge is -1.99. The molecule has 0 saturated heterocycles. The van der Waals surface area contributed by atoms with E-state index in [0.717, 1.165) is 22.5 Å². The molecule has 0 saturated carbocycles. The maximum Gasteiger partial charge on any atom is 0.0387 e. The molecule has 100 valence electrons. The lowest BCUT2D eigenvalue weighted by molar-refractivity contribution is 1.51. The smallest absolute Gasteiger partial charge is 0.0387 e. The minimum atomic E-state index is 0.730. The summed E-state index contributed by atoms with van der Waals surface area (Å²) >= 11 is 0. The Labute approximate surface area is 119 Å². The van der Waals surface area contributed by atoms with Crippen LogP contribution in [-0.4, -0.2) is 0 Å². The van der Waals surface area contributed by atoms with E-state index < -0.39 is 0 Å². The monoisotopic (exact) mass is 262 g/mol. The van der Waals surface area contributed by atoms with E-state index >= 15 is 0 Å². The van der Waals surface area contributed by atoms with Gasteiger partial charge in [-0.05, 0) is 23.3 Å². The fraction of sp³-hybridized carbons (Fsp3) is 0. The highest BCUT2D eigenvalue weighted by atomic mass is 14.6. The molecule has 0 aromatic heterocycles. The van der Waals surface area contributed by atoms with Crippen LogP contribution in [-0.2, 0) is 0 Å². The topological polar surface area (TPSA) is 52.0 Å². The summed E-state index contributed by atoms with van der Waals surface area (Å²) in [6.45, 7) is 0. The lowest BCUT2D eigenvalue weighted by atomic mass is 10.1. The van der Waals surface area contributed by atoms with Gasteiger partial charge >= 0.3 is 0 Å². The first kappa shape index (κ1) is 13.7. The van der Waals surface area contributed by atoms with Crippen molar-refractivity contribution in [3.05, 3.63) is 96.1 Å². The van der Waals surface area contributed by atoms with Crippen molar-refractivity contribution in [1.29, 1.82) is 0 Å². The molecule has 0 aliphatic heterocycles. The van der Waals surface area contributed by atoms with Crippen LogP contribution in [0.3, 0.4) is 0 Å². The Morgan fingerprint density at radius 3 is 1.30 bits per heavy atom. The van der Waals surface area contributed by atoms with Crippen LogP contribution in [0.5, 0.6) is 0 Å². The Morgan fingerprint density at radius 2 is 0.950 bits per heavy atom. The number of hydrogen-bond donors (Lipinski definition) is 2. The van der Waals surface area contributed by atoms with Gasteiger partial charge in [-0.1, -0.05) is 72.8 Å². The molecule has 2 aromatic rings. The second kappa shape index (κ2) is 7.00. The van der Waals surface area contributed by atoms with Crippen molar-refractivity contribution in [2.24, 2.45) is 11.5 Å². The van der Waals surface area contributed by atoms with Crippen LogP contribution in [0.1, 0.15) is 11.1 Å². The van der Waals surface area contributed by atoms with Crippen LogP contribution in [0.4, 0.5) is 0 Å². The van der Waals surface area contributed by atoms with Crippen LogP contribution < -0.4 is 11.5 Å². The number of nitrogens with two attached hydrogens (primary N) is 2. The standard InChI is InChI=1S/C18H18N2/c19-17(15-9-3-1-4-10-15)13-7-8-14-18(20)16-11-5-2-6-12-16/h1-14H,19-20H2/b8-7+,17-13-,18-14-. The van der Waals surface area contributed by atoms with Gasteiger partial charge in [0.1, 0.15) is 0 Å². The molecule has 2 nitrogen and oxygen atoms in total. The fourth-order valence-corrected chi connectivity index (χ4v) is 1.77. The largest absolute Gasteiger partial charge is 0.398 e. The first-order chi connectivity index (χ1) is 9.77. The first-order valence-corrected chi connectivity index (χ1v) is 6.48. The summed E-state index contributed by atoms with van der Waals surface area (Å²) in [5.41, 5.74) is 15.4. The Hall–Kier alpha value is -2.74. The maximum absolute atomic E-state index is 5.98. The van der Waals surface area contributed by atoms with Crippen LogP contribution in [0.25, 0.3) is 11.4 Å². The molecule has 0 radical (unpaired) electrons. The minimum Gasteiger partial charge on any atom is -0.398 e. The Morgan fingerprint density at radius 1 is 0.600 bits per heavy atom. The molecular weight excluding hydrogens is 244 g/mol. The molecule has 0 amide bonds. The second-order valence-electron chi connectivity index (χ2n) is 4.36. The van der Waals surface area contributed by atoms with E-state index in [2.05, 4.69) is 0 Å². The zero-order valence-electron chi connectivity index (χ0n) is 11.2. The lowest BCUT2D eigenvalue weighted by Crippen LogP contribution is -1.95. The van der Waals surface area contributed by atoms with E-state index in [1.165, 1.54) is 0 Å². The van der Waals surface area contributed by atoms with E-state index in [-0.39, 0.29) is 0 Å². The molecule has 0 heterocycles. The van der Waals surface area contributed by atoms with Crippen molar-refractivity contribution >= 4 is 11.4 Å². The number of benzene rings is 2. The highest BCUT2D eigenvalue weighted by Crippen LogP contribution is 2.09. The Balaban J connectivity index is 2.04. The molecule has 0 bridgehead atoms. The van der Waals surface area contributed by atoms with Gasteiger partial charge < -0.3 is 11.5 Å². The highest BCUT2D eigenvalue weighted by Gasteiger charge is 1.92. The Bertz CT molecular complexity index is 565. The molecule has 0 fully saturated rings. The number of rotatable bonds is 4. The molecule has 2 heteroatoms. The van der Waals surface area contributed by atoms with Gasteiger partial charge in [0, 0.05) is 11.4 Å². The van der Waals surface area contributed by atoms with Gasteiger partial charge in [0.2, 0.25) is 0 Å². The first-order valence-electron chi connectivity index (χ1n) is 6.48. The van der Waals surface area contributed by atoms with Gasteiger partial charge in [-0.2, -0.15) is 0 Å². The molecule has 4 N–H and O–H groups in total. The van der Waals surface area contributed by atoms with E-state index in [9.17, 15) is 0 Å². The maximum atomic E-state index is 5.98. The summed E-state index contributed by atoms with van der Waals surface area (Å²) in [6, 6.07) is 19.7. The molecular formula is C18H18N2. The highest BCUT2D eigenvalue weighted by molar-refractivity contribution is 5.66. The van der Waals surface area contributed by atoms with Crippen molar-refractivity contribution in [3.63, 3.8) is 0 Å². The fourth-order valence-electron chi connectivity index (χ4n) is 1.77. The third-order valence-electron chi connectivity index (χ3n) is 2.88. The predicted molar refractivity (Wildman–Crippen MR) is 86.4 cm³/mol. The van der Waals surface area contributed by atoms with Crippen molar-refractivity contribution in [2.75, 3.05) is 0 Å². The average Bonchev–Trinajstić information content (AvgIpc) is 2.53. The summed E-state index contributed by atoms with van der Waals surface area (Å²) in [5.74, 6) is 0. The third-order valence-corrected chi connectivity index (χ3v) is 2.88. The molecule has 0 spiro atoms. The van der Waals surface area contributed by atoms with Crippen LogP contribution in [0, 0.1) is 0 Å². The van der Waals surface area contributed by atoms with E-state index in [0.29, 0.717) is 0 Å². The molecule has 20 heavy (non-hydrogen) atoms. The quantitative estimate of drug-likeness (QED) is 0.828. The molecule has 0 unspecified atom stereocenters. The van der Waals surface area contributed by atoms with Crippen molar-refractivity contribution in [3.8, 4) is 0 Å². The second-order valence-corrected chi connectivity index (χ2v) is 4.36. The normalized spacial score (nSPS) is 12.8. The molecule has 2 aromatic carbocycles. The Kier molecular flexibility index (Phi) is 4.79. The molecule has 0 aliphatic carbocycles. The van der Waals surface area contributed by atoms with E-state index in [1.807, 2.05) is 85.0 Å². The van der Waals surface area contributed by atoms with Crippen molar-refractivity contribution < 1.29 is 0 Å². The third kappa shape index (κ3) is 3.89. The van der Waals surface area contributed by atoms with Crippen molar-refractivity contribution in [1.82, 2.24) is 0 Å². The zero-order valence-corrected chi connectivity index (χ0v) is 11.2. The predicted octanol–water partition coefficient (Wildman–Crippen LogP) is 3.54.